The molecular weight excluding hydrogens is 324 g/mol. The van der Waals surface area contributed by atoms with Crippen molar-refractivity contribution in [2.45, 2.75) is 56.8 Å². The molecule has 1 rings (SSSR count). The zero-order valence-electron chi connectivity index (χ0n) is 13.6. The number of carbonyl (C=O) groups is 2. The van der Waals surface area contributed by atoms with Crippen LogP contribution in [0.5, 0.6) is 0 Å². The molecule has 7 heteroatoms. The molecule has 2 atom stereocenters. The Morgan fingerprint density at radius 2 is 1.87 bits per heavy atom. The van der Waals surface area contributed by atoms with E-state index in [2.05, 4.69) is 5.32 Å². The van der Waals surface area contributed by atoms with Gasteiger partial charge in [0.2, 0.25) is 5.91 Å². The fraction of sp³-hybridized carbons (Fsp3) is 0.500. The van der Waals surface area contributed by atoms with Crippen molar-refractivity contribution < 1.29 is 23.1 Å². The maximum absolute atomic E-state index is 13.9. The lowest BCUT2D eigenvalue weighted by Crippen LogP contribution is -2.22. The summed E-state index contributed by atoms with van der Waals surface area (Å²) in [6, 6.07) is 1.89. The van der Waals surface area contributed by atoms with Crippen LogP contribution < -0.4 is 5.32 Å². The molecule has 0 aliphatic rings. The van der Waals surface area contributed by atoms with Gasteiger partial charge in [-0.05, 0) is 26.3 Å². The number of halogens is 2. The van der Waals surface area contributed by atoms with E-state index in [0.717, 1.165) is 11.8 Å². The molecule has 1 amide bonds. The van der Waals surface area contributed by atoms with Gasteiger partial charge >= 0.3 is 5.97 Å². The van der Waals surface area contributed by atoms with Crippen LogP contribution in [0.15, 0.2) is 17.0 Å². The first-order valence-electron chi connectivity index (χ1n) is 7.44. The van der Waals surface area contributed by atoms with Crippen LogP contribution in [0.3, 0.4) is 0 Å². The molecule has 0 heterocycles. The first-order valence-corrected chi connectivity index (χ1v) is 8.32. The minimum absolute atomic E-state index is 0.0754. The van der Waals surface area contributed by atoms with Gasteiger partial charge in [-0.1, -0.05) is 13.8 Å². The van der Waals surface area contributed by atoms with E-state index in [1.54, 1.807) is 20.8 Å². The summed E-state index contributed by atoms with van der Waals surface area (Å²) in [6.07, 6.45) is 0.640. The summed E-state index contributed by atoms with van der Waals surface area (Å²) < 4.78 is 32.7. The lowest BCUT2D eigenvalue weighted by Gasteiger charge is -2.16. The zero-order valence-corrected chi connectivity index (χ0v) is 14.4. The third-order valence-corrected chi connectivity index (χ3v) is 4.26. The van der Waals surface area contributed by atoms with Gasteiger partial charge in [0.15, 0.2) is 0 Å². The molecule has 0 bridgehead atoms. The minimum atomic E-state index is -0.858. The Labute approximate surface area is 139 Å². The molecule has 0 saturated carbocycles. The summed E-state index contributed by atoms with van der Waals surface area (Å²) in [6.45, 7) is 6.87. The van der Waals surface area contributed by atoms with E-state index >= 15 is 0 Å². The molecule has 1 N–H and O–H groups in total. The predicted octanol–water partition coefficient (Wildman–Crippen LogP) is 4.14. The third-order valence-electron chi connectivity index (χ3n) is 3.14. The summed E-state index contributed by atoms with van der Waals surface area (Å²) in [7, 11) is 0. The maximum atomic E-state index is 13.9. The van der Waals surface area contributed by atoms with E-state index in [1.165, 1.54) is 6.07 Å². The molecule has 1 aromatic rings. The Morgan fingerprint density at radius 1 is 1.22 bits per heavy atom. The molecule has 23 heavy (non-hydrogen) atoms. The fourth-order valence-electron chi connectivity index (χ4n) is 1.57. The smallest absolute Gasteiger partial charge is 0.319 e. The van der Waals surface area contributed by atoms with Crippen LogP contribution in [0.25, 0.3) is 0 Å². The van der Waals surface area contributed by atoms with Crippen LogP contribution in [-0.4, -0.2) is 23.2 Å². The van der Waals surface area contributed by atoms with Crippen molar-refractivity contribution in [2.75, 3.05) is 5.32 Å². The number of rotatable bonds is 7. The zero-order chi connectivity index (χ0) is 17.6. The van der Waals surface area contributed by atoms with E-state index in [9.17, 15) is 18.4 Å². The van der Waals surface area contributed by atoms with E-state index in [4.69, 9.17) is 4.74 Å². The minimum Gasteiger partial charge on any atom is -0.462 e. The Bertz CT molecular complexity index is 581. The number of anilines is 1. The third kappa shape index (κ3) is 5.82. The first-order chi connectivity index (χ1) is 10.8. The molecule has 0 radical (unpaired) electrons. The monoisotopic (exact) mass is 345 g/mol. The molecule has 0 aliphatic heterocycles. The van der Waals surface area contributed by atoms with E-state index in [-0.39, 0.29) is 29.0 Å². The lowest BCUT2D eigenvalue weighted by atomic mass is 10.3. The normalized spacial score (nSPS) is 13.3. The van der Waals surface area contributed by atoms with Gasteiger partial charge in [0.05, 0.1) is 11.8 Å². The molecule has 4 nitrogen and oxygen atoms in total. The number of esters is 1. The van der Waals surface area contributed by atoms with Gasteiger partial charge in [-0.25, -0.2) is 8.78 Å². The van der Waals surface area contributed by atoms with Crippen molar-refractivity contribution in [2.24, 2.45) is 0 Å². The second-order valence-corrected chi connectivity index (χ2v) is 6.46. The Kier molecular flexibility index (Phi) is 7.48. The van der Waals surface area contributed by atoms with Gasteiger partial charge in [-0.3, -0.25) is 9.59 Å². The van der Waals surface area contributed by atoms with Gasteiger partial charge in [0.1, 0.15) is 16.9 Å². The number of carbonyl (C=O) groups excluding carboxylic acids is 2. The fourth-order valence-corrected chi connectivity index (χ4v) is 2.46. The van der Waals surface area contributed by atoms with E-state index in [1.807, 2.05) is 6.92 Å². The standard InChI is InChI=1S/C16H21F2NO3S/c1-5-9(3)22-16(21)10(4)23-14-8-13(19-15(20)6-2)11(17)7-12(14)18/h7-10H,5-6H2,1-4H3,(H,19,20). The van der Waals surface area contributed by atoms with Crippen LogP contribution in [0.2, 0.25) is 0 Å². The number of thioether (sulfide) groups is 1. The van der Waals surface area contributed by atoms with Crippen LogP contribution in [0, 0.1) is 11.6 Å². The molecular formula is C16H21F2NO3S. The highest BCUT2D eigenvalue weighted by atomic mass is 32.2. The summed E-state index contributed by atoms with van der Waals surface area (Å²) >= 11 is 0.921. The van der Waals surface area contributed by atoms with Crippen LogP contribution in [0.4, 0.5) is 14.5 Å². The summed E-state index contributed by atoms with van der Waals surface area (Å²) in [5.41, 5.74) is -0.108. The molecule has 0 aromatic heterocycles. The lowest BCUT2D eigenvalue weighted by molar-refractivity contribution is -0.147. The summed E-state index contributed by atoms with van der Waals surface area (Å²) in [5, 5.41) is 1.71. The van der Waals surface area contributed by atoms with Gasteiger partial charge in [-0.2, -0.15) is 0 Å². The van der Waals surface area contributed by atoms with Crippen molar-refractivity contribution in [1.29, 1.82) is 0 Å². The Hall–Kier alpha value is -1.63. The number of nitrogens with one attached hydrogen (secondary N) is 1. The maximum Gasteiger partial charge on any atom is 0.319 e. The highest BCUT2D eigenvalue weighted by Crippen LogP contribution is 2.31. The topological polar surface area (TPSA) is 55.4 Å². The van der Waals surface area contributed by atoms with Gasteiger partial charge in [0, 0.05) is 17.4 Å². The largest absolute Gasteiger partial charge is 0.462 e. The first kappa shape index (κ1) is 19.4. The number of benzene rings is 1. The quantitative estimate of drug-likeness (QED) is 0.596. The van der Waals surface area contributed by atoms with Crippen molar-refractivity contribution in [3.63, 3.8) is 0 Å². The van der Waals surface area contributed by atoms with Crippen LogP contribution in [0.1, 0.15) is 40.5 Å². The SMILES string of the molecule is CCC(=O)Nc1cc(SC(C)C(=O)OC(C)CC)c(F)cc1F. The number of hydrogen-bond donors (Lipinski definition) is 1. The summed E-state index contributed by atoms with van der Waals surface area (Å²) in [4.78, 5) is 23.3. The van der Waals surface area contributed by atoms with E-state index < -0.39 is 22.9 Å². The second kappa shape index (κ2) is 8.86. The average Bonchev–Trinajstić information content (AvgIpc) is 2.51. The molecule has 0 spiro atoms. The van der Waals surface area contributed by atoms with Crippen molar-refractivity contribution in [3.8, 4) is 0 Å². The van der Waals surface area contributed by atoms with Crippen molar-refractivity contribution >= 4 is 29.3 Å². The average molecular weight is 345 g/mol. The number of ether oxygens (including phenoxy) is 1. The Morgan fingerprint density at radius 3 is 2.43 bits per heavy atom. The Balaban J connectivity index is 2.88. The van der Waals surface area contributed by atoms with Crippen LogP contribution >= 0.6 is 11.8 Å². The highest BCUT2D eigenvalue weighted by molar-refractivity contribution is 8.00. The molecule has 0 saturated heterocycles. The summed E-state index contributed by atoms with van der Waals surface area (Å²) in [5.74, 6) is -2.49. The number of hydrogen-bond acceptors (Lipinski definition) is 4. The molecule has 128 valence electrons. The molecule has 2 unspecified atom stereocenters. The van der Waals surface area contributed by atoms with Gasteiger partial charge < -0.3 is 10.1 Å². The van der Waals surface area contributed by atoms with Crippen molar-refractivity contribution in [1.82, 2.24) is 0 Å². The van der Waals surface area contributed by atoms with Crippen molar-refractivity contribution in [3.05, 3.63) is 23.8 Å². The number of amides is 1. The van der Waals surface area contributed by atoms with E-state index in [0.29, 0.717) is 12.5 Å². The second-order valence-electron chi connectivity index (χ2n) is 5.08. The van der Waals surface area contributed by atoms with Crippen LogP contribution in [-0.2, 0) is 14.3 Å². The van der Waals surface area contributed by atoms with Gasteiger partial charge in [0.25, 0.3) is 0 Å². The molecule has 1 aromatic carbocycles. The highest BCUT2D eigenvalue weighted by Gasteiger charge is 2.21. The van der Waals surface area contributed by atoms with Gasteiger partial charge in [-0.15, -0.1) is 11.8 Å². The molecule has 0 fully saturated rings. The molecule has 0 aliphatic carbocycles. The predicted molar refractivity (Wildman–Crippen MR) is 86.4 cm³/mol.